The molecule has 0 spiro atoms. The standard InChI is InChI=1S/C25H32N4O/c1-20-9-6-7-11-22(20)14-16-29-15-8-10-21(18-29)17-28(2)19-24-26-25(27-30-24)23-12-4-3-5-13-23/h3-7,9,11-13,21H,8,10,14-19H2,1-2H3/t21-/m0/s1. The van der Waals surface area contributed by atoms with Crippen LogP contribution in [0.3, 0.4) is 0 Å². The maximum Gasteiger partial charge on any atom is 0.241 e. The summed E-state index contributed by atoms with van der Waals surface area (Å²) >= 11 is 0. The van der Waals surface area contributed by atoms with Crippen LogP contribution < -0.4 is 0 Å². The average Bonchev–Trinajstić information content (AvgIpc) is 3.22. The minimum atomic E-state index is 0.666. The Morgan fingerprint density at radius 3 is 2.73 bits per heavy atom. The molecule has 2 heterocycles. The Labute approximate surface area is 179 Å². The minimum Gasteiger partial charge on any atom is -0.338 e. The SMILES string of the molecule is Cc1ccccc1CCN1CCC[C@@H](CN(C)Cc2nc(-c3ccccc3)no2)C1. The number of hydrogen-bond acceptors (Lipinski definition) is 5. The maximum absolute atomic E-state index is 5.49. The zero-order valence-corrected chi connectivity index (χ0v) is 18.1. The topological polar surface area (TPSA) is 45.4 Å². The number of likely N-dealkylation sites (tertiary alicyclic amines) is 1. The van der Waals surface area contributed by atoms with Gasteiger partial charge in [-0.1, -0.05) is 59.8 Å². The van der Waals surface area contributed by atoms with Crippen molar-refractivity contribution < 1.29 is 4.52 Å². The second-order valence-corrected chi connectivity index (χ2v) is 8.56. The molecule has 1 fully saturated rings. The minimum absolute atomic E-state index is 0.666. The third-order valence-electron chi connectivity index (χ3n) is 6.04. The third kappa shape index (κ3) is 5.55. The van der Waals surface area contributed by atoms with Crippen LogP contribution >= 0.6 is 0 Å². The molecule has 5 heteroatoms. The summed E-state index contributed by atoms with van der Waals surface area (Å²) in [6, 6.07) is 18.7. The van der Waals surface area contributed by atoms with E-state index < -0.39 is 0 Å². The van der Waals surface area contributed by atoms with Gasteiger partial charge in [-0.2, -0.15) is 4.98 Å². The van der Waals surface area contributed by atoms with E-state index in [1.807, 2.05) is 30.3 Å². The van der Waals surface area contributed by atoms with Crippen molar-refractivity contribution in [1.29, 1.82) is 0 Å². The Balaban J connectivity index is 1.26. The van der Waals surface area contributed by atoms with E-state index in [-0.39, 0.29) is 0 Å². The summed E-state index contributed by atoms with van der Waals surface area (Å²) in [6.45, 7) is 7.51. The van der Waals surface area contributed by atoms with Crippen LogP contribution in [0.25, 0.3) is 11.4 Å². The van der Waals surface area contributed by atoms with Gasteiger partial charge in [0.15, 0.2) is 0 Å². The van der Waals surface area contributed by atoms with E-state index in [1.54, 1.807) is 0 Å². The molecule has 0 radical (unpaired) electrons. The van der Waals surface area contributed by atoms with Crippen molar-refractivity contribution >= 4 is 0 Å². The Bertz CT molecular complexity index is 924. The second kappa shape index (κ2) is 10.0. The molecule has 1 atom stereocenters. The van der Waals surface area contributed by atoms with Crippen LogP contribution in [0.2, 0.25) is 0 Å². The van der Waals surface area contributed by atoms with Gasteiger partial charge >= 0.3 is 0 Å². The van der Waals surface area contributed by atoms with Gasteiger partial charge in [0.05, 0.1) is 6.54 Å². The van der Waals surface area contributed by atoms with E-state index in [4.69, 9.17) is 4.52 Å². The molecule has 5 nitrogen and oxygen atoms in total. The quantitative estimate of drug-likeness (QED) is 0.556. The molecule has 0 amide bonds. The van der Waals surface area contributed by atoms with E-state index in [0.717, 1.165) is 25.1 Å². The zero-order valence-electron chi connectivity index (χ0n) is 18.1. The smallest absolute Gasteiger partial charge is 0.241 e. The summed E-state index contributed by atoms with van der Waals surface area (Å²) in [7, 11) is 2.15. The first-order valence-corrected chi connectivity index (χ1v) is 11.0. The summed E-state index contributed by atoms with van der Waals surface area (Å²) in [5.74, 6) is 2.04. The molecule has 1 aromatic heterocycles. The predicted octanol–water partition coefficient (Wildman–Crippen LogP) is 4.43. The first kappa shape index (κ1) is 20.8. The van der Waals surface area contributed by atoms with Crippen LogP contribution in [0.4, 0.5) is 0 Å². The van der Waals surface area contributed by atoms with Gasteiger partial charge in [-0.15, -0.1) is 0 Å². The Kier molecular flexibility index (Phi) is 6.92. The first-order valence-electron chi connectivity index (χ1n) is 11.0. The van der Waals surface area contributed by atoms with Crippen molar-refractivity contribution in [3.05, 3.63) is 71.6 Å². The lowest BCUT2D eigenvalue weighted by atomic mass is 9.96. The van der Waals surface area contributed by atoms with Crippen LogP contribution in [-0.4, -0.2) is 53.2 Å². The van der Waals surface area contributed by atoms with Crippen molar-refractivity contribution in [2.24, 2.45) is 5.92 Å². The van der Waals surface area contributed by atoms with Crippen LogP contribution in [-0.2, 0) is 13.0 Å². The number of aromatic nitrogens is 2. The van der Waals surface area contributed by atoms with Crippen LogP contribution in [0.5, 0.6) is 0 Å². The molecule has 1 saturated heterocycles. The monoisotopic (exact) mass is 404 g/mol. The fourth-order valence-corrected chi connectivity index (χ4v) is 4.43. The fourth-order valence-electron chi connectivity index (χ4n) is 4.43. The lowest BCUT2D eigenvalue weighted by molar-refractivity contribution is 0.137. The lowest BCUT2D eigenvalue weighted by Crippen LogP contribution is -2.40. The van der Waals surface area contributed by atoms with E-state index in [9.17, 15) is 0 Å². The number of rotatable bonds is 8. The highest BCUT2D eigenvalue weighted by Crippen LogP contribution is 2.20. The molecule has 0 N–H and O–H groups in total. The summed E-state index contributed by atoms with van der Waals surface area (Å²) in [6.07, 6.45) is 3.72. The number of benzene rings is 2. The first-order chi connectivity index (χ1) is 14.7. The normalized spacial score (nSPS) is 17.5. The predicted molar refractivity (Wildman–Crippen MR) is 120 cm³/mol. The molecule has 0 saturated carbocycles. The van der Waals surface area contributed by atoms with E-state index in [2.05, 4.69) is 58.2 Å². The summed E-state index contributed by atoms with van der Waals surface area (Å²) in [5.41, 5.74) is 3.87. The summed E-state index contributed by atoms with van der Waals surface area (Å²) in [4.78, 5) is 9.52. The molecule has 1 aliphatic heterocycles. The second-order valence-electron chi connectivity index (χ2n) is 8.56. The molecule has 3 aromatic rings. The van der Waals surface area contributed by atoms with E-state index >= 15 is 0 Å². The number of piperidine rings is 1. The van der Waals surface area contributed by atoms with Crippen LogP contribution in [0.1, 0.15) is 29.9 Å². The van der Waals surface area contributed by atoms with Crippen molar-refractivity contribution in [3.8, 4) is 11.4 Å². The molecule has 4 rings (SSSR count). The highest BCUT2D eigenvalue weighted by atomic mass is 16.5. The molecule has 0 aliphatic carbocycles. The van der Waals surface area contributed by atoms with Crippen LogP contribution in [0.15, 0.2) is 59.1 Å². The van der Waals surface area contributed by atoms with E-state index in [1.165, 1.54) is 37.1 Å². The molecular weight excluding hydrogens is 372 g/mol. The van der Waals surface area contributed by atoms with Gasteiger partial charge in [0.25, 0.3) is 0 Å². The molecule has 1 aliphatic rings. The maximum atomic E-state index is 5.49. The lowest BCUT2D eigenvalue weighted by Gasteiger charge is -2.34. The Hall–Kier alpha value is -2.50. The molecule has 2 aromatic carbocycles. The van der Waals surface area contributed by atoms with Gasteiger partial charge in [0, 0.05) is 25.2 Å². The number of aryl methyl sites for hydroxylation is 1. The molecule has 30 heavy (non-hydrogen) atoms. The molecular formula is C25H32N4O. The molecule has 0 unspecified atom stereocenters. The summed E-state index contributed by atoms with van der Waals surface area (Å²) in [5, 5.41) is 4.14. The van der Waals surface area contributed by atoms with Gasteiger partial charge in [-0.25, -0.2) is 0 Å². The average molecular weight is 405 g/mol. The number of hydrogen-bond donors (Lipinski definition) is 0. The molecule has 0 bridgehead atoms. The van der Waals surface area contributed by atoms with Gasteiger partial charge in [-0.3, -0.25) is 4.90 Å². The van der Waals surface area contributed by atoms with Crippen LogP contribution in [0, 0.1) is 12.8 Å². The highest BCUT2D eigenvalue weighted by molar-refractivity contribution is 5.53. The third-order valence-corrected chi connectivity index (χ3v) is 6.04. The zero-order chi connectivity index (χ0) is 20.8. The van der Waals surface area contributed by atoms with Crippen molar-refractivity contribution in [2.45, 2.75) is 32.7 Å². The van der Waals surface area contributed by atoms with Crippen molar-refractivity contribution in [1.82, 2.24) is 19.9 Å². The highest BCUT2D eigenvalue weighted by Gasteiger charge is 2.22. The van der Waals surface area contributed by atoms with Crippen molar-refractivity contribution in [2.75, 3.05) is 33.2 Å². The Morgan fingerprint density at radius 1 is 1.10 bits per heavy atom. The summed E-state index contributed by atoms with van der Waals surface area (Å²) < 4.78 is 5.49. The fraction of sp³-hybridized carbons (Fsp3) is 0.440. The molecule has 158 valence electrons. The van der Waals surface area contributed by atoms with Gasteiger partial charge < -0.3 is 9.42 Å². The van der Waals surface area contributed by atoms with Gasteiger partial charge in [0.1, 0.15) is 0 Å². The van der Waals surface area contributed by atoms with Gasteiger partial charge in [0.2, 0.25) is 11.7 Å². The largest absolute Gasteiger partial charge is 0.338 e. The van der Waals surface area contributed by atoms with E-state index in [0.29, 0.717) is 24.2 Å². The number of nitrogens with zero attached hydrogens (tertiary/aromatic N) is 4. The van der Waals surface area contributed by atoms with Crippen molar-refractivity contribution in [3.63, 3.8) is 0 Å². The van der Waals surface area contributed by atoms with Gasteiger partial charge in [-0.05, 0) is 56.8 Å². The Morgan fingerprint density at radius 2 is 1.90 bits per heavy atom.